The third kappa shape index (κ3) is 3.70. The molecular weight excluding hydrogens is 260 g/mol. The smallest absolute Gasteiger partial charge is 0.214 e. The molecule has 1 aliphatic rings. The van der Waals surface area contributed by atoms with Crippen LogP contribution in [0.5, 0.6) is 0 Å². The Bertz CT molecular complexity index is 491. The average Bonchev–Trinajstić information content (AvgIpc) is 2.38. The van der Waals surface area contributed by atoms with Crippen LogP contribution in [-0.2, 0) is 10.0 Å². The van der Waals surface area contributed by atoms with Crippen LogP contribution >= 0.6 is 0 Å². The van der Waals surface area contributed by atoms with E-state index < -0.39 is 10.0 Å². The molecule has 0 aromatic heterocycles. The molecule has 0 amide bonds. The summed E-state index contributed by atoms with van der Waals surface area (Å²) in [5, 5.41) is -0.255. The summed E-state index contributed by atoms with van der Waals surface area (Å²) in [6.45, 7) is 5.31. The number of rotatable bonds is 4. The van der Waals surface area contributed by atoms with E-state index in [0.29, 0.717) is 12.8 Å². The highest BCUT2D eigenvalue weighted by Gasteiger charge is 2.30. The molecule has 0 saturated carbocycles. The van der Waals surface area contributed by atoms with Crippen molar-refractivity contribution in [1.82, 2.24) is 4.72 Å². The Hall–Kier alpha value is -1.07. The van der Waals surface area contributed by atoms with Crippen LogP contribution < -0.4 is 9.62 Å². The van der Waals surface area contributed by atoms with Crippen LogP contribution in [0, 0.1) is 0 Å². The predicted octanol–water partition coefficient (Wildman–Crippen LogP) is 1.98. The molecule has 1 fully saturated rings. The van der Waals surface area contributed by atoms with Gasteiger partial charge in [0.25, 0.3) is 0 Å². The van der Waals surface area contributed by atoms with Crippen LogP contribution in [0.3, 0.4) is 0 Å². The van der Waals surface area contributed by atoms with E-state index in [-0.39, 0.29) is 11.3 Å². The fraction of sp³-hybridized carbons (Fsp3) is 0.571. The highest BCUT2D eigenvalue weighted by Crippen LogP contribution is 2.22. The van der Waals surface area contributed by atoms with Gasteiger partial charge in [-0.3, -0.25) is 0 Å². The van der Waals surface area contributed by atoms with Gasteiger partial charge in [-0.05, 0) is 38.8 Å². The minimum absolute atomic E-state index is 0.0304. The number of hydrogen-bond acceptors (Lipinski definition) is 3. The molecule has 1 aromatic rings. The topological polar surface area (TPSA) is 49.4 Å². The van der Waals surface area contributed by atoms with E-state index in [4.69, 9.17) is 0 Å². The number of para-hydroxylation sites is 1. The van der Waals surface area contributed by atoms with Crippen LogP contribution in [0.25, 0.3) is 0 Å². The van der Waals surface area contributed by atoms with Crippen molar-refractivity contribution in [2.45, 2.75) is 38.0 Å². The lowest BCUT2D eigenvalue weighted by Gasteiger charge is -2.33. The fourth-order valence-corrected chi connectivity index (χ4v) is 4.17. The largest absolute Gasteiger partial charge is 0.371 e. The van der Waals surface area contributed by atoms with Gasteiger partial charge in [-0.15, -0.1) is 0 Å². The normalized spacial score (nSPS) is 17.9. The first-order valence-electron chi connectivity index (χ1n) is 6.80. The molecule has 0 unspecified atom stereocenters. The Morgan fingerprint density at radius 2 is 1.74 bits per heavy atom. The third-order valence-electron chi connectivity index (χ3n) is 3.40. The van der Waals surface area contributed by atoms with Gasteiger partial charge in [0.2, 0.25) is 10.0 Å². The summed E-state index contributed by atoms with van der Waals surface area (Å²) in [6.07, 6.45) is 1.38. The molecule has 0 aliphatic carbocycles. The summed E-state index contributed by atoms with van der Waals surface area (Å²) < 4.78 is 26.9. The first-order valence-corrected chi connectivity index (χ1v) is 8.35. The molecule has 1 aliphatic heterocycles. The van der Waals surface area contributed by atoms with E-state index >= 15 is 0 Å². The van der Waals surface area contributed by atoms with Gasteiger partial charge in [-0.25, -0.2) is 13.1 Å². The highest BCUT2D eigenvalue weighted by molar-refractivity contribution is 7.90. The fourth-order valence-electron chi connectivity index (χ4n) is 2.49. The van der Waals surface area contributed by atoms with Crippen LogP contribution in [0.4, 0.5) is 5.69 Å². The Morgan fingerprint density at radius 1 is 1.16 bits per heavy atom. The monoisotopic (exact) mass is 282 g/mol. The van der Waals surface area contributed by atoms with E-state index in [1.807, 2.05) is 32.0 Å². The molecule has 1 aromatic carbocycles. The summed E-state index contributed by atoms with van der Waals surface area (Å²) >= 11 is 0. The zero-order valence-corrected chi connectivity index (χ0v) is 12.4. The van der Waals surface area contributed by atoms with E-state index in [1.165, 1.54) is 5.69 Å². The Kier molecular flexibility index (Phi) is 4.47. The molecule has 106 valence electrons. The Morgan fingerprint density at radius 3 is 2.26 bits per heavy atom. The van der Waals surface area contributed by atoms with E-state index in [9.17, 15) is 8.42 Å². The number of nitrogens with zero attached hydrogens (tertiary/aromatic N) is 1. The van der Waals surface area contributed by atoms with Gasteiger partial charge >= 0.3 is 0 Å². The molecule has 19 heavy (non-hydrogen) atoms. The lowest BCUT2D eigenvalue weighted by molar-refractivity contribution is 0.513. The molecule has 0 spiro atoms. The molecule has 0 bridgehead atoms. The van der Waals surface area contributed by atoms with Crippen molar-refractivity contribution in [1.29, 1.82) is 0 Å². The van der Waals surface area contributed by atoms with E-state index in [1.54, 1.807) is 0 Å². The quantitative estimate of drug-likeness (QED) is 0.918. The van der Waals surface area contributed by atoms with Crippen molar-refractivity contribution in [3.63, 3.8) is 0 Å². The van der Waals surface area contributed by atoms with Crippen LogP contribution in [-0.4, -0.2) is 32.8 Å². The second-order valence-electron chi connectivity index (χ2n) is 5.34. The zero-order chi connectivity index (χ0) is 13.9. The SMILES string of the molecule is CC(C)NS(=O)(=O)C1CCN(c2ccccc2)CC1. The average molecular weight is 282 g/mol. The number of nitrogens with one attached hydrogen (secondary N) is 1. The molecular formula is C14H22N2O2S. The molecule has 0 atom stereocenters. The Balaban J connectivity index is 1.96. The maximum atomic E-state index is 12.1. The number of sulfonamides is 1. The zero-order valence-electron chi connectivity index (χ0n) is 11.5. The standard InChI is InChI=1S/C14H22N2O2S/c1-12(2)15-19(17,18)14-8-10-16(11-9-14)13-6-4-3-5-7-13/h3-7,12,14-15H,8-11H2,1-2H3. The summed E-state index contributed by atoms with van der Waals surface area (Å²) in [4.78, 5) is 2.25. The highest BCUT2D eigenvalue weighted by atomic mass is 32.2. The van der Waals surface area contributed by atoms with Crippen LogP contribution in [0.1, 0.15) is 26.7 Å². The molecule has 4 nitrogen and oxygen atoms in total. The number of hydrogen-bond donors (Lipinski definition) is 1. The lowest BCUT2D eigenvalue weighted by atomic mass is 10.1. The van der Waals surface area contributed by atoms with Gasteiger partial charge < -0.3 is 4.90 Å². The molecule has 1 heterocycles. The lowest BCUT2D eigenvalue weighted by Crippen LogP contribution is -2.45. The molecule has 5 heteroatoms. The van der Waals surface area contributed by atoms with E-state index in [2.05, 4.69) is 21.8 Å². The second-order valence-corrected chi connectivity index (χ2v) is 7.33. The maximum Gasteiger partial charge on any atom is 0.214 e. The molecule has 1 N–H and O–H groups in total. The van der Waals surface area contributed by atoms with Gasteiger partial charge in [0.1, 0.15) is 0 Å². The van der Waals surface area contributed by atoms with Gasteiger partial charge in [-0.2, -0.15) is 0 Å². The first kappa shape index (κ1) is 14.3. The Labute approximate surface area is 115 Å². The minimum Gasteiger partial charge on any atom is -0.371 e. The van der Waals surface area contributed by atoms with Gasteiger partial charge in [-0.1, -0.05) is 18.2 Å². The number of benzene rings is 1. The van der Waals surface area contributed by atoms with Crippen molar-refractivity contribution in [3.8, 4) is 0 Å². The van der Waals surface area contributed by atoms with Gasteiger partial charge in [0, 0.05) is 24.8 Å². The van der Waals surface area contributed by atoms with Crippen molar-refractivity contribution < 1.29 is 8.42 Å². The molecule has 1 saturated heterocycles. The minimum atomic E-state index is -3.16. The number of anilines is 1. The summed E-state index contributed by atoms with van der Waals surface area (Å²) in [7, 11) is -3.16. The van der Waals surface area contributed by atoms with Crippen LogP contribution in [0.2, 0.25) is 0 Å². The first-order chi connectivity index (χ1) is 8.99. The van der Waals surface area contributed by atoms with Crippen molar-refractivity contribution in [3.05, 3.63) is 30.3 Å². The van der Waals surface area contributed by atoms with Gasteiger partial charge in [0.05, 0.1) is 5.25 Å². The predicted molar refractivity (Wildman–Crippen MR) is 78.9 cm³/mol. The summed E-state index contributed by atoms with van der Waals surface area (Å²) in [5.74, 6) is 0. The maximum absolute atomic E-state index is 12.1. The summed E-state index contributed by atoms with van der Waals surface area (Å²) in [5.41, 5.74) is 1.18. The van der Waals surface area contributed by atoms with Crippen molar-refractivity contribution >= 4 is 15.7 Å². The third-order valence-corrected chi connectivity index (χ3v) is 5.55. The number of piperidine rings is 1. The van der Waals surface area contributed by atoms with E-state index in [0.717, 1.165) is 13.1 Å². The second kappa shape index (κ2) is 5.92. The van der Waals surface area contributed by atoms with Crippen molar-refractivity contribution in [2.24, 2.45) is 0 Å². The van der Waals surface area contributed by atoms with Gasteiger partial charge in [0.15, 0.2) is 0 Å². The van der Waals surface area contributed by atoms with Crippen molar-refractivity contribution in [2.75, 3.05) is 18.0 Å². The molecule has 2 rings (SSSR count). The summed E-state index contributed by atoms with van der Waals surface area (Å²) in [6, 6.07) is 10.1. The van der Waals surface area contributed by atoms with Crippen LogP contribution in [0.15, 0.2) is 30.3 Å². The molecule has 0 radical (unpaired) electrons.